The summed E-state index contributed by atoms with van der Waals surface area (Å²) >= 11 is 0. The summed E-state index contributed by atoms with van der Waals surface area (Å²) in [6, 6.07) is 7.68. The molecule has 1 aliphatic rings. The monoisotopic (exact) mass is 313 g/mol. The van der Waals surface area contributed by atoms with E-state index < -0.39 is 5.60 Å². The van der Waals surface area contributed by atoms with Crippen LogP contribution in [-0.2, 0) is 18.4 Å². The van der Waals surface area contributed by atoms with Crippen molar-refractivity contribution in [3.8, 4) is 11.5 Å². The average molecular weight is 313 g/mol. The molecule has 3 rings (SSSR count). The van der Waals surface area contributed by atoms with Gasteiger partial charge in [0.1, 0.15) is 5.60 Å². The molecule has 4 nitrogen and oxygen atoms in total. The largest absolute Gasteiger partial charge is 0.493 e. The maximum Gasteiger partial charge on any atom is 0.165 e. The SMILES string of the molecule is COc1ccc(C(C)(O)Cc2ccncc2)c2c1OC(C)(C)C2. The molecular weight excluding hydrogens is 290 g/mol. The number of pyridine rings is 1. The van der Waals surface area contributed by atoms with Crippen LogP contribution in [0.5, 0.6) is 11.5 Å². The highest BCUT2D eigenvalue weighted by molar-refractivity contribution is 5.55. The van der Waals surface area contributed by atoms with Gasteiger partial charge in [0, 0.05) is 30.8 Å². The number of nitrogens with zero attached hydrogens (tertiary/aromatic N) is 1. The molecule has 1 aliphatic heterocycles. The van der Waals surface area contributed by atoms with Gasteiger partial charge < -0.3 is 14.6 Å². The number of ether oxygens (including phenoxy) is 2. The molecule has 0 amide bonds. The van der Waals surface area contributed by atoms with Gasteiger partial charge >= 0.3 is 0 Å². The van der Waals surface area contributed by atoms with Crippen LogP contribution in [0.2, 0.25) is 0 Å². The number of benzene rings is 1. The highest BCUT2D eigenvalue weighted by Crippen LogP contribution is 2.46. The predicted molar refractivity (Wildman–Crippen MR) is 88.9 cm³/mol. The lowest BCUT2D eigenvalue weighted by molar-refractivity contribution is 0.0567. The second-order valence-corrected chi connectivity index (χ2v) is 6.97. The summed E-state index contributed by atoms with van der Waals surface area (Å²) in [6.07, 6.45) is 4.77. The molecule has 1 unspecified atom stereocenters. The molecule has 1 atom stereocenters. The molecule has 0 fully saturated rings. The number of methoxy groups -OCH3 is 1. The molecule has 4 heteroatoms. The Hall–Kier alpha value is -2.07. The summed E-state index contributed by atoms with van der Waals surface area (Å²) < 4.78 is 11.5. The van der Waals surface area contributed by atoms with E-state index in [9.17, 15) is 5.11 Å². The Morgan fingerprint density at radius 3 is 2.61 bits per heavy atom. The van der Waals surface area contributed by atoms with Crippen LogP contribution in [0.4, 0.5) is 0 Å². The standard InChI is InChI=1S/C19H23NO3/c1-18(2)12-14-15(5-6-16(22-4)17(14)23-18)19(3,21)11-13-7-9-20-10-8-13/h5-10,21H,11-12H2,1-4H3. The normalized spacial score (nSPS) is 18.0. The lowest BCUT2D eigenvalue weighted by Crippen LogP contribution is -2.27. The van der Waals surface area contributed by atoms with Crippen LogP contribution >= 0.6 is 0 Å². The van der Waals surface area contributed by atoms with Crippen LogP contribution < -0.4 is 9.47 Å². The fourth-order valence-electron chi connectivity index (χ4n) is 3.29. The van der Waals surface area contributed by atoms with Gasteiger partial charge in [-0.15, -0.1) is 0 Å². The van der Waals surface area contributed by atoms with Gasteiger partial charge in [-0.3, -0.25) is 4.98 Å². The van der Waals surface area contributed by atoms with Crippen molar-refractivity contribution in [3.05, 3.63) is 53.3 Å². The Balaban J connectivity index is 2.02. The molecule has 0 saturated heterocycles. The van der Waals surface area contributed by atoms with Crippen molar-refractivity contribution < 1.29 is 14.6 Å². The molecule has 23 heavy (non-hydrogen) atoms. The van der Waals surface area contributed by atoms with Crippen LogP contribution in [0.25, 0.3) is 0 Å². The van der Waals surface area contributed by atoms with Crippen LogP contribution in [0.15, 0.2) is 36.7 Å². The van der Waals surface area contributed by atoms with E-state index in [2.05, 4.69) is 4.98 Å². The Bertz CT molecular complexity index is 708. The highest BCUT2D eigenvalue weighted by atomic mass is 16.5. The fourth-order valence-corrected chi connectivity index (χ4v) is 3.29. The lowest BCUT2D eigenvalue weighted by atomic mass is 9.84. The van der Waals surface area contributed by atoms with Crippen molar-refractivity contribution in [2.45, 2.75) is 44.8 Å². The summed E-state index contributed by atoms with van der Waals surface area (Å²) in [5.74, 6) is 1.47. The number of hydrogen-bond donors (Lipinski definition) is 1. The fraction of sp³-hybridized carbons (Fsp3) is 0.421. The van der Waals surface area contributed by atoms with Gasteiger partial charge in [0.05, 0.1) is 12.7 Å². The Labute approximate surface area is 137 Å². The van der Waals surface area contributed by atoms with E-state index in [4.69, 9.17) is 9.47 Å². The number of aliphatic hydroxyl groups is 1. The van der Waals surface area contributed by atoms with E-state index in [0.717, 1.165) is 28.9 Å². The van der Waals surface area contributed by atoms with Gasteiger partial charge in [-0.25, -0.2) is 0 Å². The second-order valence-electron chi connectivity index (χ2n) is 6.97. The summed E-state index contributed by atoms with van der Waals surface area (Å²) in [4.78, 5) is 4.03. The number of aromatic nitrogens is 1. The zero-order chi connectivity index (χ0) is 16.7. The molecule has 2 aromatic rings. The Morgan fingerprint density at radius 1 is 1.26 bits per heavy atom. The summed E-state index contributed by atoms with van der Waals surface area (Å²) in [6.45, 7) is 5.95. The van der Waals surface area contributed by atoms with Gasteiger partial charge in [0.15, 0.2) is 11.5 Å². The minimum atomic E-state index is -0.985. The number of hydrogen-bond acceptors (Lipinski definition) is 4. The minimum absolute atomic E-state index is 0.293. The van der Waals surface area contributed by atoms with Crippen molar-refractivity contribution >= 4 is 0 Å². The molecule has 2 heterocycles. The zero-order valence-electron chi connectivity index (χ0n) is 14.1. The molecule has 1 aromatic carbocycles. The third kappa shape index (κ3) is 3.04. The Morgan fingerprint density at radius 2 is 1.96 bits per heavy atom. The van der Waals surface area contributed by atoms with Crippen LogP contribution in [-0.4, -0.2) is 22.8 Å². The van der Waals surface area contributed by atoms with Gasteiger partial charge in [-0.1, -0.05) is 6.07 Å². The van der Waals surface area contributed by atoms with E-state index in [1.165, 1.54) is 0 Å². The molecule has 0 radical (unpaired) electrons. The summed E-state index contributed by atoms with van der Waals surface area (Å²) in [5, 5.41) is 11.1. The molecule has 1 N–H and O–H groups in total. The summed E-state index contributed by atoms with van der Waals surface area (Å²) in [5.41, 5.74) is 1.71. The number of fused-ring (bicyclic) bond motifs is 1. The molecule has 0 bridgehead atoms. The van der Waals surface area contributed by atoms with Crippen LogP contribution in [0, 0.1) is 0 Å². The van der Waals surface area contributed by atoms with E-state index in [1.54, 1.807) is 19.5 Å². The van der Waals surface area contributed by atoms with E-state index >= 15 is 0 Å². The maximum absolute atomic E-state index is 11.1. The molecule has 1 aromatic heterocycles. The first kappa shape index (κ1) is 15.8. The molecular formula is C19H23NO3. The smallest absolute Gasteiger partial charge is 0.165 e. The topological polar surface area (TPSA) is 51.6 Å². The zero-order valence-corrected chi connectivity index (χ0v) is 14.1. The maximum atomic E-state index is 11.1. The molecule has 0 spiro atoms. The first-order chi connectivity index (χ1) is 10.8. The van der Waals surface area contributed by atoms with Crippen molar-refractivity contribution in [2.75, 3.05) is 7.11 Å². The second kappa shape index (κ2) is 5.53. The minimum Gasteiger partial charge on any atom is -0.493 e. The first-order valence-electron chi connectivity index (χ1n) is 7.83. The van der Waals surface area contributed by atoms with E-state index in [0.29, 0.717) is 12.2 Å². The third-order valence-electron chi connectivity index (χ3n) is 4.30. The molecule has 122 valence electrons. The van der Waals surface area contributed by atoms with Gasteiger partial charge in [-0.05, 0) is 50.1 Å². The van der Waals surface area contributed by atoms with Crippen molar-refractivity contribution in [3.63, 3.8) is 0 Å². The van der Waals surface area contributed by atoms with Crippen LogP contribution in [0.3, 0.4) is 0 Å². The first-order valence-corrected chi connectivity index (χ1v) is 7.83. The molecule has 0 saturated carbocycles. The van der Waals surface area contributed by atoms with Gasteiger partial charge in [-0.2, -0.15) is 0 Å². The lowest BCUT2D eigenvalue weighted by Gasteiger charge is -2.26. The highest BCUT2D eigenvalue weighted by Gasteiger charge is 2.38. The van der Waals surface area contributed by atoms with Crippen molar-refractivity contribution in [2.24, 2.45) is 0 Å². The van der Waals surface area contributed by atoms with E-state index in [-0.39, 0.29) is 5.60 Å². The van der Waals surface area contributed by atoms with E-state index in [1.807, 2.05) is 45.0 Å². The van der Waals surface area contributed by atoms with Crippen LogP contribution in [0.1, 0.15) is 37.5 Å². The van der Waals surface area contributed by atoms with Gasteiger partial charge in [0.25, 0.3) is 0 Å². The van der Waals surface area contributed by atoms with Gasteiger partial charge in [0.2, 0.25) is 0 Å². The summed E-state index contributed by atoms with van der Waals surface area (Å²) in [7, 11) is 1.64. The predicted octanol–water partition coefficient (Wildman–Crippen LogP) is 3.25. The van der Waals surface area contributed by atoms with Crippen molar-refractivity contribution in [1.29, 1.82) is 0 Å². The third-order valence-corrected chi connectivity index (χ3v) is 4.30. The quantitative estimate of drug-likeness (QED) is 0.941. The number of rotatable bonds is 4. The molecule has 0 aliphatic carbocycles. The average Bonchev–Trinajstić information content (AvgIpc) is 2.81. The Kier molecular flexibility index (Phi) is 3.80. The van der Waals surface area contributed by atoms with Crippen molar-refractivity contribution in [1.82, 2.24) is 4.98 Å².